The van der Waals surface area contributed by atoms with Crippen LogP contribution in [0.4, 0.5) is 10.5 Å². The zero-order valence-electron chi connectivity index (χ0n) is 12.6. The van der Waals surface area contributed by atoms with E-state index in [2.05, 4.69) is 26.2 Å². The molecule has 0 fully saturated rings. The summed E-state index contributed by atoms with van der Waals surface area (Å²) >= 11 is 3.28. The third kappa shape index (κ3) is 7.08. The molecule has 116 valence electrons. The highest BCUT2D eigenvalue weighted by molar-refractivity contribution is 9.10. The summed E-state index contributed by atoms with van der Waals surface area (Å²) in [7, 11) is 1.60. The van der Waals surface area contributed by atoms with Crippen molar-refractivity contribution in [3.63, 3.8) is 0 Å². The van der Waals surface area contributed by atoms with Gasteiger partial charge in [-0.25, -0.2) is 4.79 Å². The van der Waals surface area contributed by atoms with Crippen LogP contribution in [0.1, 0.15) is 27.2 Å². The molecule has 0 atom stereocenters. The average Bonchev–Trinajstić information content (AvgIpc) is 2.33. The zero-order valence-corrected chi connectivity index (χ0v) is 14.2. The van der Waals surface area contributed by atoms with Crippen LogP contribution in [0.5, 0.6) is 0 Å². The molecule has 0 unspecified atom stereocenters. The van der Waals surface area contributed by atoms with Gasteiger partial charge in [0.25, 0.3) is 0 Å². The standard InChI is InChI=1S/C14H20BrN3O3/c1-14(2,3)21-13(20)18(4)6-5-12(19)17-11-7-10(15)8-16-9-11/h7-9H,5-6H2,1-4H3,(H,17,19). The molecular weight excluding hydrogens is 338 g/mol. The molecule has 0 saturated heterocycles. The molecule has 1 rings (SSSR count). The summed E-state index contributed by atoms with van der Waals surface area (Å²) in [6.07, 6.45) is 2.92. The Hall–Kier alpha value is -1.63. The van der Waals surface area contributed by atoms with Crippen LogP contribution in [0.15, 0.2) is 22.9 Å². The molecule has 1 N–H and O–H groups in total. The number of rotatable bonds is 4. The number of aromatic nitrogens is 1. The Kier molecular flexibility index (Phi) is 6.14. The van der Waals surface area contributed by atoms with E-state index < -0.39 is 11.7 Å². The Morgan fingerprint density at radius 1 is 1.38 bits per heavy atom. The number of hydrogen-bond acceptors (Lipinski definition) is 4. The van der Waals surface area contributed by atoms with Crippen LogP contribution >= 0.6 is 15.9 Å². The number of ether oxygens (including phenoxy) is 1. The predicted molar refractivity (Wildman–Crippen MR) is 84.0 cm³/mol. The lowest BCUT2D eigenvalue weighted by Crippen LogP contribution is -2.35. The Morgan fingerprint density at radius 3 is 2.62 bits per heavy atom. The summed E-state index contributed by atoms with van der Waals surface area (Å²) in [4.78, 5) is 28.9. The maximum absolute atomic E-state index is 11.8. The van der Waals surface area contributed by atoms with Gasteiger partial charge in [0, 0.05) is 30.7 Å². The second kappa shape index (κ2) is 7.40. The Balaban J connectivity index is 2.41. The quantitative estimate of drug-likeness (QED) is 0.898. The van der Waals surface area contributed by atoms with E-state index in [0.717, 1.165) is 4.47 Å². The number of nitrogens with one attached hydrogen (secondary N) is 1. The minimum atomic E-state index is -0.546. The number of nitrogens with zero attached hydrogens (tertiary/aromatic N) is 2. The monoisotopic (exact) mass is 357 g/mol. The number of amides is 2. The molecule has 0 aromatic carbocycles. The van der Waals surface area contributed by atoms with Crippen LogP contribution in [0.25, 0.3) is 0 Å². The molecule has 7 heteroatoms. The zero-order chi connectivity index (χ0) is 16.0. The van der Waals surface area contributed by atoms with Crippen LogP contribution in [-0.2, 0) is 9.53 Å². The normalized spacial score (nSPS) is 10.9. The SMILES string of the molecule is CN(CCC(=O)Nc1cncc(Br)c1)C(=O)OC(C)(C)C. The second-order valence-electron chi connectivity index (χ2n) is 5.59. The molecule has 1 aromatic heterocycles. The molecule has 0 spiro atoms. The van der Waals surface area contributed by atoms with Gasteiger partial charge in [-0.3, -0.25) is 9.78 Å². The molecule has 1 aromatic rings. The fraction of sp³-hybridized carbons (Fsp3) is 0.500. The van der Waals surface area contributed by atoms with Crippen molar-refractivity contribution >= 4 is 33.6 Å². The molecule has 2 amide bonds. The number of pyridine rings is 1. The van der Waals surface area contributed by atoms with Crippen molar-refractivity contribution in [1.82, 2.24) is 9.88 Å². The lowest BCUT2D eigenvalue weighted by molar-refractivity contribution is -0.116. The van der Waals surface area contributed by atoms with Crippen molar-refractivity contribution in [1.29, 1.82) is 0 Å². The first-order valence-electron chi connectivity index (χ1n) is 6.52. The van der Waals surface area contributed by atoms with Gasteiger partial charge in [-0.1, -0.05) is 0 Å². The van der Waals surface area contributed by atoms with E-state index in [0.29, 0.717) is 5.69 Å². The predicted octanol–water partition coefficient (Wildman–Crippen LogP) is 3.04. The number of anilines is 1. The molecule has 0 radical (unpaired) electrons. The average molecular weight is 358 g/mol. The van der Waals surface area contributed by atoms with Crippen molar-refractivity contribution in [2.45, 2.75) is 32.8 Å². The Labute approximate surface area is 133 Å². The van der Waals surface area contributed by atoms with E-state index in [1.165, 1.54) is 4.90 Å². The van der Waals surface area contributed by atoms with Crippen molar-refractivity contribution in [2.24, 2.45) is 0 Å². The summed E-state index contributed by atoms with van der Waals surface area (Å²) in [6, 6.07) is 1.75. The fourth-order valence-corrected chi connectivity index (χ4v) is 1.77. The van der Waals surface area contributed by atoms with Crippen molar-refractivity contribution in [3.05, 3.63) is 22.9 Å². The minimum Gasteiger partial charge on any atom is -0.444 e. The van der Waals surface area contributed by atoms with Crippen LogP contribution < -0.4 is 5.32 Å². The number of halogens is 1. The van der Waals surface area contributed by atoms with Gasteiger partial charge in [-0.05, 0) is 42.8 Å². The van der Waals surface area contributed by atoms with Gasteiger partial charge >= 0.3 is 6.09 Å². The molecule has 6 nitrogen and oxygen atoms in total. The summed E-state index contributed by atoms with van der Waals surface area (Å²) in [5.41, 5.74) is 0.0598. The third-order valence-electron chi connectivity index (χ3n) is 2.37. The van der Waals surface area contributed by atoms with Gasteiger partial charge in [-0.2, -0.15) is 0 Å². The van der Waals surface area contributed by atoms with E-state index in [4.69, 9.17) is 4.74 Å². The molecule has 0 bridgehead atoms. The molecular formula is C14H20BrN3O3. The lowest BCUT2D eigenvalue weighted by atomic mass is 10.2. The van der Waals surface area contributed by atoms with Gasteiger partial charge < -0.3 is 15.0 Å². The molecule has 0 aliphatic heterocycles. The van der Waals surface area contributed by atoms with Crippen LogP contribution in [0.3, 0.4) is 0 Å². The highest BCUT2D eigenvalue weighted by atomic mass is 79.9. The summed E-state index contributed by atoms with van der Waals surface area (Å²) < 4.78 is 5.99. The highest BCUT2D eigenvalue weighted by Gasteiger charge is 2.19. The molecule has 0 aliphatic rings. The van der Waals surface area contributed by atoms with E-state index in [1.54, 1.807) is 46.3 Å². The maximum Gasteiger partial charge on any atom is 0.410 e. The van der Waals surface area contributed by atoms with Crippen LogP contribution in [0.2, 0.25) is 0 Å². The van der Waals surface area contributed by atoms with Gasteiger partial charge in [0.15, 0.2) is 0 Å². The van der Waals surface area contributed by atoms with Crippen molar-refractivity contribution in [2.75, 3.05) is 18.9 Å². The number of hydrogen-bond donors (Lipinski definition) is 1. The summed E-state index contributed by atoms with van der Waals surface area (Å²) in [5.74, 6) is -0.190. The van der Waals surface area contributed by atoms with Gasteiger partial charge in [0.1, 0.15) is 5.60 Å². The molecule has 0 saturated carbocycles. The smallest absolute Gasteiger partial charge is 0.410 e. The summed E-state index contributed by atoms with van der Waals surface area (Å²) in [6.45, 7) is 5.67. The minimum absolute atomic E-state index is 0.183. The highest BCUT2D eigenvalue weighted by Crippen LogP contribution is 2.14. The molecule has 21 heavy (non-hydrogen) atoms. The van der Waals surface area contributed by atoms with Crippen molar-refractivity contribution < 1.29 is 14.3 Å². The fourth-order valence-electron chi connectivity index (χ4n) is 1.40. The largest absolute Gasteiger partial charge is 0.444 e. The van der Waals surface area contributed by atoms with Gasteiger partial charge in [0.2, 0.25) is 5.91 Å². The van der Waals surface area contributed by atoms with E-state index in [9.17, 15) is 9.59 Å². The Bertz CT molecular complexity index is 514. The van der Waals surface area contributed by atoms with Crippen molar-refractivity contribution in [3.8, 4) is 0 Å². The first-order valence-corrected chi connectivity index (χ1v) is 7.31. The van der Waals surface area contributed by atoms with Gasteiger partial charge in [-0.15, -0.1) is 0 Å². The van der Waals surface area contributed by atoms with Crippen LogP contribution in [-0.4, -0.2) is 41.1 Å². The number of carbonyl (C=O) groups is 2. The maximum atomic E-state index is 11.8. The van der Waals surface area contributed by atoms with E-state index in [1.807, 2.05) is 0 Å². The van der Waals surface area contributed by atoms with E-state index >= 15 is 0 Å². The van der Waals surface area contributed by atoms with E-state index in [-0.39, 0.29) is 18.9 Å². The second-order valence-corrected chi connectivity index (χ2v) is 6.51. The first-order chi connectivity index (χ1) is 9.67. The molecule has 1 heterocycles. The molecule has 0 aliphatic carbocycles. The lowest BCUT2D eigenvalue weighted by Gasteiger charge is -2.24. The first kappa shape index (κ1) is 17.4. The van der Waals surface area contributed by atoms with Crippen LogP contribution in [0, 0.1) is 0 Å². The third-order valence-corrected chi connectivity index (χ3v) is 2.80. The van der Waals surface area contributed by atoms with Gasteiger partial charge in [0.05, 0.1) is 11.9 Å². The topological polar surface area (TPSA) is 71.5 Å². The number of carbonyl (C=O) groups excluding carboxylic acids is 2. The Morgan fingerprint density at radius 2 is 2.05 bits per heavy atom. The summed E-state index contributed by atoms with van der Waals surface area (Å²) in [5, 5.41) is 2.72.